The van der Waals surface area contributed by atoms with E-state index in [1.54, 1.807) is 38.3 Å². The topological polar surface area (TPSA) is 96.0 Å². The van der Waals surface area contributed by atoms with E-state index in [9.17, 15) is 18.0 Å². The summed E-state index contributed by atoms with van der Waals surface area (Å²) >= 11 is 12.3. The van der Waals surface area contributed by atoms with Crippen LogP contribution in [-0.4, -0.2) is 57.1 Å². The number of hydrogen-bond donors (Lipinski definition) is 1. The molecule has 0 unspecified atom stereocenters. The summed E-state index contributed by atoms with van der Waals surface area (Å²) < 4.78 is 31.3. The van der Waals surface area contributed by atoms with Crippen LogP contribution < -0.4 is 14.4 Å². The van der Waals surface area contributed by atoms with Gasteiger partial charge in [0.1, 0.15) is 18.3 Å². The number of hydrogen-bond acceptors (Lipinski definition) is 5. The molecule has 0 aliphatic carbocycles. The van der Waals surface area contributed by atoms with Crippen LogP contribution in [0.2, 0.25) is 10.0 Å². The highest BCUT2D eigenvalue weighted by Crippen LogP contribution is 2.31. The summed E-state index contributed by atoms with van der Waals surface area (Å²) in [4.78, 5) is 27.8. The Morgan fingerprint density at radius 2 is 1.71 bits per heavy atom. The van der Waals surface area contributed by atoms with Gasteiger partial charge < -0.3 is 15.0 Å². The van der Waals surface area contributed by atoms with E-state index in [1.807, 2.05) is 13.8 Å². The van der Waals surface area contributed by atoms with Gasteiger partial charge in [0.15, 0.2) is 0 Å². The van der Waals surface area contributed by atoms with Crippen LogP contribution in [0.25, 0.3) is 0 Å². The zero-order valence-corrected chi connectivity index (χ0v) is 22.7. The molecule has 0 saturated heterocycles. The van der Waals surface area contributed by atoms with Crippen LogP contribution in [0.5, 0.6) is 5.75 Å². The molecule has 2 amide bonds. The minimum absolute atomic E-state index is 0.0797. The molecular formula is C24H31Cl2N3O5S. The molecule has 2 rings (SSSR count). The van der Waals surface area contributed by atoms with Crippen molar-refractivity contribution in [2.75, 3.05) is 24.2 Å². The lowest BCUT2D eigenvalue weighted by atomic mass is 10.1. The summed E-state index contributed by atoms with van der Waals surface area (Å²) in [5, 5.41) is 3.27. The third-order valence-corrected chi connectivity index (χ3v) is 7.22. The molecule has 0 fully saturated rings. The highest BCUT2D eigenvalue weighted by Gasteiger charge is 2.31. The van der Waals surface area contributed by atoms with E-state index >= 15 is 0 Å². The van der Waals surface area contributed by atoms with Crippen molar-refractivity contribution < 1.29 is 22.7 Å². The average Bonchev–Trinajstić information content (AvgIpc) is 2.81. The first-order valence-electron chi connectivity index (χ1n) is 11.0. The third-order valence-electron chi connectivity index (χ3n) is 5.54. The molecule has 2 atom stereocenters. The molecule has 35 heavy (non-hydrogen) atoms. The van der Waals surface area contributed by atoms with Crippen molar-refractivity contribution in [3.8, 4) is 5.75 Å². The van der Waals surface area contributed by atoms with Gasteiger partial charge in [0.2, 0.25) is 21.8 Å². The van der Waals surface area contributed by atoms with E-state index in [2.05, 4.69) is 5.32 Å². The van der Waals surface area contributed by atoms with Crippen molar-refractivity contribution in [3.63, 3.8) is 0 Å². The second-order valence-electron chi connectivity index (χ2n) is 8.23. The Balaban J connectivity index is 2.42. The fourth-order valence-electron chi connectivity index (χ4n) is 3.25. The van der Waals surface area contributed by atoms with Crippen LogP contribution in [0.1, 0.15) is 32.8 Å². The molecule has 0 aliphatic heterocycles. The van der Waals surface area contributed by atoms with Gasteiger partial charge in [-0.3, -0.25) is 13.9 Å². The van der Waals surface area contributed by atoms with Gasteiger partial charge in [-0.25, -0.2) is 8.42 Å². The third kappa shape index (κ3) is 8.02. The number of ether oxygens (including phenoxy) is 1. The predicted octanol–water partition coefficient (Wildman–Crippen LogP) is 4.10. The number of sulfonamides is 1. The van der Waals surface area contributed by atoms with Gasteiger partial charge >= 0.3 is 0 Å². The Morgan fingerprint density at radius 3 is 2.26 bits per heavy atom. The number of carbonyl (C=O) groups is 2. The Labute approximate surface area is 217 Å². The van der Waals surface area contributed by atoms with E-state index in [0.717, 1.165) is 22.5 Å². The summed E-state index contributed by atoms with van der Waals surface area (Å²) in [6.45, 7) is 4.94. The Bertz CT molecular complexity index is 1140. The molecule has 11 heteroatoms. The number of benzene rings is 2. The van der Waals surface area contributed by atoms with Crippen molar-refractivity contribution >= 4 is 50.7 Å². The molecule has 1 N–H and O–H groups in total. The van der Waals surface area contributed by atoms with Gasteiger partial charge in [-0.1, -0.05) is 42.3 Å². The molecule has 2 aromatic rings. The van der Waals surface area contributed by atoms with Crippen LogP contribution >= 0.6 is 23.2 Å². The number of carbonyl (C=O) groups excluding carboxylic acids is 2. The largest absolute Gasteiger partial charge is 0.497 e. The summed E-state index contributed by atoms with van der Waals surface area (Å²) in [5.74, 6) is -0.268. The number of amides is 2. The summed E-state index contributed by atoms with van der Waals surface area (Å²) in [6.07, 6.45) is 1.70. The lowest BCUT2D eigenvalue weighted by Crippen LogP contribution is -2.52. The molecule has 0 radical (unpaired) electrons. The second kappa shape index (κ2) is 12.5. The minimum Gasteiger partial charge on any atom is -0.497 e. The predicted molar refractivity (Wildman–Crippen MR) is 140 cm³/mol. The van der Waals surface area contributed by atoms with Gasteiger partial charge in [0.25, 0.3) is 0 Å². The van der Waals surface area contributed by atoms with Gasteiger partial charge in [-0.2, -0.15) is 0 Å². The van der Waals surface area contributed by atoms with E-state index in [4.69, 9.17) is 27.9 Å². The first-order valence-corrected chi connectivity index (χ1v) is 13.6. The minimum atomic E-state index is -3.91. The standard InChI is InChI=1S/C24H31Cl2N3O5S/c1-6-16(2)27-24(31)17(3)28(14-18-7-10-20(34-4)11-8-18)23(30)15-29(35(5,32)33)22-13-19(25)9-12-21(22)26/h7-13,16-17H,6,14-15H2,1-5H3,(H,27,31)/t16-,17+/m1/s1. The Hall–Kier alpha value is -2.49. The van der Waals surface area contributed by atoms with E-state index in [-0.39, 0.29) is 34.2 Å². The van der Waals surface area contributed by atoms with E-state index < -0.39 is 28.5 Å². The maximum absolute atomic E-state index is 13.5. The lowest BCUT2D eigenvalue weighted by molar-refractivity contribution is -0.139. The smallest absolute Gasteiger partial charge is 0.244 e. The maximum atomic E-state index is 13.5. The summed E-state index contributed by atoms with van der Waals surface area (Å²) in [7, 11) is -2.36. The van der Waals surface area contributed by atoms with Gasteiger partial charge in [-0.15, -0.1) is 0 Å². The quantitative estimate of drug-likeness (QED) is 0.460. The summed E-state index contributed by atoms with van der Waals surface area (Å²) in [5.41, 5.74) is 0.824. The number of halogens is 2. The van der Waals surface area contributed by atoms with Crippen molar-refractivity contribution in [2.45, 2.75) is 45.8 Å². The first-order chi connectivity index (χ1) is 16.4. The Morgan fingerprint density at radius 1 is 1.09 bits per heavy atom. The van der Waals surface area contributed by atoms with E-state index in [1.165, 1.54) is 23.1 Å². The molecule has 0 saturated carbocycles. The number of nitrogens with zero attached hydrogens (tertiary/aromatic N) is 2. The van der Waals surface area contributed by atoms with Gasteiger partial charge in [0, 0.05) is 17.6 Å². The fraction of sp³-hybridized carbons (Fsp3) is 0.417. The zero-order valence-electron chi connectivity index (χ0n) is 20.4. The number of anilines is 1. The molecule has 0 aliphatic rings. The van der Waals surface area contributed by atoms with Crippen molar-refractivity contribution in [3.05, 3.63) is 58.1 Å². The highest BCUT2D eigenvalue weighted by molar-refractivity contribution is 7.92. The van der Waals surface area contributed by atoms with Crippen LogP contribution in [0, 0.1) is 0 Å². The maximum Gasteiger partial charge on any atom is 0.244 e. The van der Waals surface area contributed by atoms with Crippen molar-refractivity contribution in [2.24, 2.45) is 0 Å². The van der Waals surface area contributed by atoms with Crippen LogP contribution in [0.4, 0.5) is 5.69 Å². The first kappa shape index (κ1) is 28.7. The average molecular weight is 545 g/mol. The van der Waals surface area contributed by atoms with Crippen molar-refractivity contribution in [1.29, 1.82) is 0 Å². The molecule has 192 valence electrons. The second-order valence-corrected chi connectivity index (χ2v) is 11.0. The zero-order chi connectivity index (χ0) is 26.3. The number of nitrogens with one attached hydrogen (secondary N) is 1. The van der Waals surface area contributed by atoms with Gasteiger partial charge in [0.05, 0.1) is 24.1 Å². The van der Waals surface area contributed by atoms with E-state index in [0.29, 0.717) is 5.75 Å². The normalized spacial score (nSPS) is 13.0. The SMILES string of the molecule is CC[C@@H](C)NC(=O)[C@H](C)N(Cc1ccc(OC)cc1)C(=O)CN(c1cc(Cl)ccc1Cl)S(C)(=O)=O. The fourth-order valence-corrected chi connectivity index (χ4v) is 4.54. The lowest BCUT2D eigenvalue weighted by Gasteiger charge is -2.32. The molecule has 8 nitrogen and oxygen atoms in total. The molecule has 2 aromatic carbocycles. The molecule has 0 heterocycles. The molecular weight excluding hydrogens is 513 g/mol. The Kier molecular flexibility index (Phi) is 10.2. The highest BCUT2D eigenvalue weighted by atomic mass is 35.5. The molecule has 0 spiro atoms. The van der Waals surface area contributed by atoms with Crippen LogP contribution in [-0.2, 0) is 26.2 Å². The van der Waals surface area contributed by atoms with Gasteiger partial charge in [-0.05, 0) is 56.2 Å². The number of methoxy groups -OCH3 is 1. The van der Waals surface area contributed by atoms with Crippen LogP contribution in [0.15, 0.2) is 42.5 Å². The molecule has 0 bridgehead atoms. The molecule has 0 aromatic heterocycles. The monoisotopic (exact) mass is 543 g/mol. The van der Waals surface area contributed by atoms with Crippen molar-refractivity contribution in [1.82, 2.24) is 10.2 Å². The van der Waals surface area contributed by atoms with Crippen LogP contribution in [0.3, 0.4) is 0 Å². The summed E-state index contributed by atoms with van der Waals surface area (Å²) in [6, 6.07) is 10.5. The number of rotatable bonds is 11.